The van der Waals surface area contributed by atoms with Crippen molar-refractivity contribution < 1.29 is 13.2 Å². The van der Waals surface area contributed by atoms with Crippen LogP contribution in [0.4, 0.5) is 4.79 Å². The van der Waals surface area contributed by atoms with Crippen molar-refractivity contribution in [3.63, 3.8) is 0 Å². The van der Waals surface area contributed by atoms with Gasteiger partial charge in [0.15, 0.2) is 0 Å². The minimum absolute atomic E-state index is 0.0568. The zero-order valence-corrected chi connectivity index (χ0v) is 16.5. The predicted molar refractivity (Wildman–Crippen MR) is 104 cm³/mol. The number of carbonyl (C=O) groups is 1. The third-order valence-electron chi connectivity index (χ3n) is 5.89. The Bertz CT molecular complexity index is 792. The lowest BCUT2D eigenvalue weighted by Gasteiger charge is -2.26. The van der Waals surface area contributed by atoms with Gasteiger partial charge in [-0.3, -0.25) is 0 Å². The molecule has 27 heavy (non-hydrogen) atoms. The summed E-state index contributed by atoms with van der Waals surface area (Å²) in [7, 11) is -3.39. The van der Waals surface area contributed by atoms with Gasteiger partial charge in [0.25, 0.3) is 10.2 Å². The van der Waals surface area contributed by atoms with E-state index in [1.807, 2.05) is 12.1 Å². The van der Waals surface area contributed by atoms with Crippen molar-refractivity contribution in [1.29, 1.82) is 0 Å². The molecule has 0 bridgehead atoms. The first kappa shape index (κ1) is 18.7. The second-order valence-corrected chi connectivity index (χ2v) is 9.52. The molecule has 148 valence electrons. The lowest BCUT2D eigenvalue weighted by Crippen LogP contribution is -2.46. The van der Waals surface area contributed by atoms with Gasteiger partial charge in [0.1, 0.15) is 0 Å². The van der Waals surface area contributed by atoms with Gasteiger partial charge in [0.05, 0.1) is 6.04 Å². The van der Waals surface area contributed by atoms with E-state index in [2.05, 4.69) is 17.4 Å². The van der Waals surface area contributed by atoms with E-state index in [4.69, 9.17) is 0 Å². The van der Waals surface area contributed by atoms with Gasteiger partial charge in [-0.15, -0.1) is 0 Å². The summed E-state index contributed by atoms with van der Waals surface area (Å²) in [4.78, 5) is 14.5. The summed E-state index contributed by atoms with van der Waals surface area (Å²) in [5.74, 6) is 0. The molecule has 0 spiro atoms. The molecule has 7 nitrogen and oxygen atoms in total. The Morgan fingerprint density at radius 3 is 2.44 bits per heavy atom. The molecule has 2 heterocycles. The third-order valence-corrected chi connectivity index (χ3v) is 7.93. The van der Waals surface area contributed by atoms with Crippen LogP contribution < -0.4 is 5.32 Å². The number of carbonyl (C=O) groups excluding carboxylic acids is 1. The van der Waals surface area contributed by atoms with Crippen molar-refractivity contribution in [2.75, 3.05) is 39.3 Å². The van der Waals surface area contributed by atoms with Crippen molar-refractivity contribution in [3.8, 4) is 0 Å². The van der Waals surface area contributed by atoms with Crippen LogP contribution in [0.15, 0.2) is 24.3 Å². The Morgan fingerprint density at radius 2 is 1.63 bits per heavy atom. The van der Waals surface area contributed by atoms with E-state index in [9.17, 15) is 13.2 Å². The number of aryl methyl sites for hydroxylation is 1. The van der Waals surface area contributed by atoms with Crippen LogP contribution in [-0.4, -0.2) is 67.2 Å². The van der Waals surface area contributed by atoms with Crippen LogP contribution in [0.25, 0.3) is 0 Å². The zero-order chi connectivity index (χ0) is 18.9. The molecule has 0 aromatic heterocycles. The van der Waals surface area contributed by atoms with Crippen LogP contribution in [0.5, 0.6) is 0 Å². The van der Waals surface area contributed by atoms with E-state index in [0.717, 1.165) is 25.7 Å². The number of nitrogens with zero attached hydrogens (tertiary/aromatic N) is 3. The van der Waals surface area contributed by atoms with E-state index in [1.165, 1.54) is 11.1 Å². The van der Waals surface area contributed by atoms with Crippen molar-refractivity contribution >= 4 is 16.2 Å². The van der Waals surface area contributed by atoms with Crippen LogP contribution in [0.2, 0.25) is 0 Å². The Kier molecular flexibility index (Phi) is 5.39. The molecule has 0 saturated carbocycles. The topological polar surface area (TPSA) is 73.0 Å². The number of rotatable bonds is 3. The average Bonchev–Trinajstić information content (AvgIpc) is 3.27. The fraction of sp³-hybridized carbons (Fsp3) is 0.632. The summed E-state index contributed by atoms with van der Waals surface area (Å²) in [5.41, 5.74) is 2.51. The molecule has 0 unspecified atom stereocenters. The summed E-state index contributed by atoms with van der Waals surface area (Å²) in [6.45, 7) is 3.11. The molecule has 8 heteroatoms. The first-order chi connectivity index (χ1) is 13.1. The molecular weight excluding hydrogens is 364 g/mol. The molecule has 1 atom stereocenters. The van der Waals surface area contributed by atoms with Crippen molar-refractivity contribution in [3.05, 3.63) is 35.4 Å². The molecule has 2 saturated heterocycles. The third kappa shape index (κ3) is 3.83. The molecular formula is C19H28N4O3S. The number of amides is 2. The number of fused-ring (bicyclic) bond motifs is 1. The smallest absolute Gasteiger partial charge is 0.317 e. The summed E-state index contributed by atoms with van der Waals surface area (Å²) in [6, 6.07) is 8.22. The first-order valence-corrected chi connectivity index (χ1v) is 11.3. The summed E-state index contributed by atoms with van der Waals surface area (Å²) < 4.78 is 28.7. The monoisotopic (exact) mass is 392 g/mol. The number of benzene rings is 1. The van der Waals surface area contributed by atoms with E-state index < -0.39 is 10.2 Å². The van der Waals surface area contributed by atoms with Crippen molar-refractivity contribution in [2.24, 2.45) is 0 Å². The Labute approximate surface area is 161 Å². The van der Waals surface area contributed by atoms with Crippen LogP contribution in [0.3, 0.4) is 0 Å². The minimum atomic E-state index is -3.39. The van der Waals surface area contributed by atoms with Gasteiger partial charge in [0, 0.05) is 39.3 Å². The molecule has 4 rings (SSSR count). The zero-order valence-electron chi connectivity index (χ0n) is 15.6. The van der Waals surface area contributed by atoms with Crippen LogP contribution in [0, 0.1) is 0 Å². The van der Waals surface area contributed by atoms with Crippen LogP contribution in [0.1, 0.15) is 42.9 Å². The van der Waals surface area contributed by atoms with E-state index >= 15 is 0 Å². The van der Waals surface area contributed by atoms with Gasteiger partial charge in [-0.25, -0.2) is 4.79 Å². The maximum Gasteiger partial charge on any atom is 0.317 e. The number of hydrogen-bond acceptors (Lipinski definition) is 3. The number of urea groups is 1. The van der Waals surface area contributed by atoms with Gasteiger partial charge in [-0.2, -0.15) is 17.0 Å². The largest absolute Gasteiger partial charge is 0.331 e. The van der Waals surface area contributed by atoms with Gasteiger partial charge in [-0.1, -0.05) is 24.3 Å². The van der Waals surface area contributed by atoms with E-state index in [1.54, 1.807) is 13.5 Å². The Balaban J connectivity index is 1.36. The number of nitrogens with one attached hydrogen (secondary N) is 1. The molecule has 0 radical (unpaired) electrons. The Morgan fingerprint density at radius 1 is 0.926 bits per heavy atom. The highest BCUT2D eigenvalue weighted by atomic mass is 32.2. The van der Waals surface area contributed by atoms with Crippen molar-refractivity contribution in [2.45, 2.75) is 38.1 Å². The quantitative estimate of drug-likeness (QED) is 0.851. The normalized spacial score (nSPS) is 24.6. The molecule has 1 aromatic rings. The predicted octanol–water partition coefficient (Wildman–Crippen LogP) is 1.73. The first-order valence-electron chi connectivity index (χ1n) is 9.94. The van der Waals surface area contributed by atoms with Crippen LogP contribution in [-0.2, 0) is 16.6 Å². The van der Waals surface area contributed by atoms with Crippen molar-refractivity contribution in [1.82, 2.24) is 18.8 Å². The standard InChI is InChI=1S/C19H28N4O3S/c24-19(20-18-9-8-16-6-1-2-7-17(16)18)21-10-5-13-23(15-14-21)27(25,26)22-11-3-4-12-22/h1-2,6-7,18H,3-5,8-15H2,(H,20,24)/t18-/m0/s1. The Hall–Kier alpha value is -1.64. The molecule has 1 N–H and O–H groups in total. The lowest BCUT2D eigenvalue weighted by molar-refractivity contribution is 0.196. The van der Waals surface area contributed by atoms with Gasteiger partial charge < -0.3 is 10.2 Å². The minimum Gasteiger partial charge on any atom is -0.331 e. The lowest BCUT2D eigenvalue weighted by atomic mass is 10.1. The fourth-order valence-corrected chi connectivity index (χ4v) is 6.08. The summed E-state index contributed by atoms with van der Waals surface area (Å²) >= 11 is 0. The van der Waals surface area contributed by atoms with Crippen LogP contribution >= 0.6 is 0 Å². The number of hydrogen-bond donors (Lipinski definition) is 1. The van der Waals surface area contributed by atoms with Gasteiger partial charge in [-0.05, 0) is 43.2 Å². The fourth-order valence-electron chi connectivity index (χ4n) is 4.36. The summed E-state index contributed by atoms with van der Waals surface area (Å²) in [5, 5.41) is 3.15. The highest BCUT2D eigenvalue weighted by Gasteiger charge is 2.34. The maximum atomic E-state index is 12.8. The summed E-state index contributed by atoms with van der Waals surface area (Å²) in [6.07, 6.45) is 4.45. The molecule has 3 aliphatic rings. The highest BCUT2D eigenvalue weighted by molar-refractivity contribution is 7.86. The molecule has 1 aliphatic carbocycles. The molecule has 1 aromatic carbocycles. The highest BCUT2D eigenvalue weighted by Crippen LogP contribution is 2.30. The maximum absolute atomic E-state index is 12.8. The second kappa shape index (κ2) is 7.77. The molecule has 2 fully saturated rings. The SMILES string of the molecule is O=C(N[C@H]1CCc2ccccc21)N1CCCN(S(=O)(=O)N2CCCC2)CC1. The van der Waals surface area contributed by atoms with E-state index in [-0.39, 0.29) is 12.1 Å². The van der Waals surface area contributed by atoms with Gasteiger partial charge in [0.2, 0.25) is 0 Å². The van der Waals surface area contributed by atoms with E-state index in [0.29, 0.717) is 45.7 Å². The molecule has 2 aliphatic heterocycles. The van der Waals surface area contributed by atoms with Gasteiger partial charge >= 0.3 is 6.03 Å². The molecule has 2 amide bonds. The average molecular weight is 393 g/mol. The second-order valence-electron chi connectivity index (χ2n) is 7.59.